The molecule has 0 heterocycles. The van der Waals surface area contributed by atoms with Gasteiger partial charge < -0.3 is 9.47 Å². The Hall–Kier alpha value is -3.32. The third-order valence-corrected chi connectivity index (χ3v) is 5.63. The highest BCUT2D eigenvalue weighted by Gasteiger charge is 2.12. The lowest BCUT2D eigenvalue weighted by molar-refractivity contribution is -0.384. The summed E-state index contributed by atoms with van der Waals surface area (Å²) in [5.41, 5.74) is 3.37. The summed E-state index contributed by atoms with van der Waals surface area (Å²) in [7, 11) is 0. The molecule has 0 atom stereocenters. The minimum absolute atomic E-state index is 0.0983. The first-order chi connectivity index (χ1) is 15.8. The summed E-state index contributed by atoms with van der Waals surface area (Å²) in [5, 5.41) is 14.6. The van der Waals surface area contributed by atoms with Crippen LogP contribution in [0.2, 0.25) is 0 Å². The summed E-state index contributed by atoms with van der Waals surface area (Å²) >= 11 is 5.23. The molecule has 168 valence electrons. The number of rotatable bonds is 8. The number of nitro groups is 1. The van der Waals surface area contributed by atoms with Crippen LogP contribution in [0.15, 0.2) is 76.3 Å². The SMILES string of the molecule is O=C(COc1ccc([N+](=O)[O-])cc1Br)NN=Cc1ccc(OC(=O)c2ccccc2I)cc1. The molecule has 0 saturated carbocycles. The topological polar surface area (TPSA) is 120 Å². The maximum absolute atomic E-state index is 12.3. The lowest BCUT2D eigenvalue weighted by Gasteiger charge is -2.07. The van der Waals surface area contributed by atoms with E-state index in [2.05, 4.69) is 49.0 Å². The van der Waals surface area contributed by atoms with E-state index in [1.165, 1.54) is 24.4 Å². The van der Waals surface area contributed by atoms with Gasteiger partial charge in [0.05, 0.1) is 21.2 Å². The van der Waals surface area contributed by atoms with Crippen molar-refractivity contribution in [3.05, 3.63) is 96.0 Å². The first-order valence-electron chi connectivity index (χ1n) is 9.29. The van der Waals surface area contributed by atoms with E-state index in [1.54, 1.807) is 36.4 Å². The maximum atomic E-state index is 12.3. The number of benzene rings is 3. The average Bonchev–Trinajstić information content (AvgIpc) is 2.79. The molecule has 0 spiro atoms. The summed E-state index contributed by atoms with van der Waals surface area (Å²) in [5.74, 6) is -0.300. The molecule has 0 fully saturated rings. The number of amides is 1. The fourth-order valence-corrected chi connectivity index (χ4v) is 3.57. The Morgan fingerprint density at radius 2 is 1.85 bits per heavy atom. The number of ether oxygens (including phenoxy) is 2. The van der Waals surface area contributed by atoms with Gasteiger partial charge in [-0.1, -0.05) is 12.1 Å². The second kappa shape index (κ2) is 11.5. The Morgan fingerprint density at radius 1 is 1.12 bits per heavy atom. The zero-order chi connectivity index (χ0) is 23.8. The third kappa shape index (κ3) is 7.08. The molecule has 1 N–H and O–H groups in total. The van der Waals surface area contributed by atoms with Crippen LogP contribution in [0.4, 0.5) is 5.69 Å². The lowest BCUT2D eigenvalue weighted by atomic mass is 10.2. The number of nitrogens with zero attached hydrogens (tertiary/aromatic N) is 2. The van der Waals surface area contributed by atoms with Gasteiger partial charge in [0, 0.05) is 15.7 Å². The molecule has 0 unspecified atom stereocenters. The van der Waals surface area contributed by atoms with Crippen molar-refractivity contribution in [2.24, 2.45) is 5.10 Å². The molecule has 0 saturated heterocycles. The Kier molecular flexibility index (Phi) is 8.49. The molecule has 1 amide bonds. The van der Waals surface area contributed by atoms with Gasteiger partial charge >= 0.3 is 5.97 Å². The minimum atomic E-state index is -0.531. The van der Waals surface area contributed by atoms with E-state index >= 15 is 0 Å². The number of nitrogens with one attached hydrogen (secondary N) is 1. The van der Waals surface area contributed by atoms with Gasteiger partial charge in [0.2, 0.25) is 0 Å². The summed E-state index contributed by atoms with van der Waals surface area (Å²) in [4.78, 5) is 34.4. The summed E-state index contributed by atoms with van der Waals surface area (Å²) in [6.07, 6.45) is 1.42. The molecule has 0 aliphatic carbocycles. The summed E-state index contributed by atoms with van der Waals surface area (Å²) in [6, 6.07) is 17.7. The maximum Gasteiger partial charge on any atom is 0.344 e. The van der Waals surface area contributed by atoms with Crippen LogP contribution in [0.1, 0.15) is 15.9 Å². The van der Waals surface area contributed by atoms with Gasteiger partial charge in [-0.05, 0) is 86.5 Å². The number of nitro benzene ring substituents is 1. The molecule has 3 aromatic rings. The largest absolute Gasteiger partial charge is 0.483 e. The molecule has 0 bridgehead atoms. The van der Waals surface area contributed by atoms with Gasteiger partial charge in [0.1, 0.15) is 11.5 Å². The smallest absolute Gasteiger partial charge is 0.344 e. The fourth-order valence-electron chi connectivity index (χ4n) is 2.49. The zero-order valence-corrected chi connectivity index (χ0v) is 20.5. The second-order valence-electron chi connectivity index (χ2n) is 6.39. The number of hydrogen-bond donors (Lipinski definition) is 1. The van der Waals surface area contributed by atoms with Crippen molar-refractivity contribution in [3.63, 3.8) is 0 Å². The van der Waals surface area contributed by atoms with Crippen LogP contribution in [0.3, 0.4) is 0 Å². The predicted octanol–water partition coefficient (Wildman–Crippen LogP) is 4.71. The molecule has 11 heteroatoms. The van der Waals surface area contributed by atoms with Crippen LogP contribution in [-0.2, 0) is 4.79 Å². The predicted molar refractivity (Wildman–Crippen MR) is 133 cm³/mol. The molecule has 0 aromatic heterocycles. The first-order valence-corrected chi connectivity index (χ1v) is 11.2. The standard InChI is InChI=1S/C22H15BrIN3O6/c23-18-11-15(27(30)31)7-10-20(18)32-13-21(28)26-25-12-14-5-8-16(9-6-14)33-22(29)17-3-1-2-4-19(17)24/h1-12H,13H2,(H,26,28). The normalized spacial score (nSPS) is 10.6. The highest BCUT2D eigenvalue weighted by Crippen LogP contribution is 2.29. The van der Waals surface area contributed by atoms with E-state index in [0.717, 1.165) is 3.57 Å². The quantitative estimate of drug-likeness (QED) is 0.0969. The van der Waals surface area contributed by atoms with Crippen molar-refractivity contribution in [1.29, 1.82) is 0 Å². The number of non-ortho nitro benzene ring substituents is 1. The van der Waals surface area contributed by atoms with Crippen LogP contribution in [0.5, 0.6) is 11.5 Å². The van der Waals surface area contributed by atoms with Gasteiger partial charge in [0.15, 0.2) is 6.61 Å². The van der Waals surface area contributed by atoms with E-state index < -0.39 is 16.8 Å². The van der Waals surface area contributed by atoms with Crippen molar-refractivity contribution in [2.75, 3.05) is 6.61 Å². The van der Waals surface area contributed by atoms with Crippen molar-refractivity contribution < 1.29 is 24.0 Å². The monoisotopic (exact) mass is 623 g/mol. The van der Waals surface area contributed by atoms with Gasteiger partial charge in [-0.15, -0.1) is 0 Å². The molecule has 0 aliphatic rings. The Morgan fingerprint density at radius 3 is 2.52 bits per heavy atom. The van der Waals surface area contributed by atoms with E-state index in [0.29, 0.717) is 21.3 Å². The number of carbonyl (C=O) groups excluding carboxylic acids is 2. The molecule has 0 aliphatic heterocycles. The van der Waals surface area contributed by atoms with Crippen LogP contribution in [0, 0.1) is 13.7 Å². The number of carbonyl (C=O) groups is 2. The molecule has 3 rings (SSSR count). The zero-order valence-electron chi connectivity index (χ0n) is 16.7. The molecular weight excluding hydrogens is 609 g/mol. The van der Waals surface area contributed by atoms with Crippen molar-refractivity contribution in [2.45, 2.75) is 0 Å². The molecule has 3 aromatic carbocycles. The molecular formula is C22H15BrIN3O6. The molecule has 9 nitrogen and oxygen atoms in total. The van der Waals surface area contributed by atoms with Gasteiger partial charge in [-0.3, -0.25) is 14.9 Å². The fraction of sp³-hybridized carbons (Fsp3) is 0.0455. The van der Waals surface area contributed by atoms with Crippen LogP contribution < -0.4 is 14.9 Å². The first kappa shape index (κ1) is 24.3. The van der Waals surface area contributed by atoms with Crippen molar-refractivity contribution in [1.82, 2.24) is 5.43 Å². The van der Waals surface area contributed by atoms with Crippen molar-refractivity contribution >= 4 is 62.3 Å². The van der Waals surface area contributed by atoms with E-state index in [9.17, 15) is 19.7 Å². The number of hydrogen-bond acceptors (Lipinski definition) is 7. The van der Waals surface area contributed by atoms with E-state index in [4.69, 9.17) is 9.47 Å². The molecule has 33 heavy (non-hydrogen) atoms. The second-order valence-corrected chi connectivity index (χ2v) is 8.41. The van der Waals surface area contributed by atoms with Crippen LogP contribution in [-0.4, -0.2) is 29.6 Å². The Labute approximate surface area is 210 Å². The third-order valence-electron chi connectivity index (χ3n) is 4.07. The van der Waals surface area contributed by atoms with Crippen molar-refractivity contribution in [3.8, 4) is 11.5 Å². The summed E-state index contributed by atoms with van der Waals surface area (Å²) in [6.45, 7) is -0.332. The average molecular weight is 624 g/mol. The highest BCUT2D eigenvalue weighted by atomic mass is 127. The highest BCUT2D eigenvalue weighted by molar-refractivity contribution is 14.1. The Bertz CT molecular complexity index is 1220. The number of esters is 1. The lowest BCUT2D eigenvalue weighted by Crippen LogP contribution is -2.24. The molecule has 0 radical (unpaired) electrons. The number of halogens is 2. The summed E-state index contributed by atoms with van der Waals surface area (Å²) < 4.78 is 11.8. The van der Waals surface area contributed by atoms with Crippen LogP contribution >= 0.6 is 38.5 Å². The number of hydrazone groups is 1. The Balaban J connectivity index is 1.48. The minimum Gasteiger partial charge on any atom is -0.483 e. The van der Waals surface area contributed by atoms with E-state index in [1.807, 2.05) is 12.1 Å². The van der Waals surface area contributed by atoms with Crippen LogP contribution in [0.25, 0.3) is 0 Å². The van der Waals surface area contributed by atoms with Gasteiger partial charge in [-0.25, -0.2) is 10.2 Å². The van der Waals surface area contributed by atoms with Gasteiger partial charge in [-0.2, -0.15) is 5.10 Å². The van der Waals surface area contributed by atoms with E-state index in [-0.39, 0.29) is 18.0 Å². The van der Waals surface area contributed by atoms with Gasteiger partial charge in [0.25, 0.3) is 11.6 Å².